The van der Waals surface area contributed by atoms with Crippen molar-refractivity contribution in [3.05, 3.63) is 0 Å². The zero-order valence-electron chi connectivity index (χ0n) is 10.5. The van der Waals surface area contributed by atoms with E-state index < -0.39 is 6.04 Å². The maximum Gasteiger partial charge on any atom is 0.240 e. The highest BCUT2D eigenvalue weighted by Crippen LogP contribution is 2.07. The Morgan fingerprint density at radius 2 is 1.87 bits per heavy atom. The molecular formula is C11H24N2O2. The molecule has 0 bridgehead atoms. The molecule has 0 fully saturated rings. The van der Waals surface area contributed by atoms with Crippen LogP contribution in [0.2, 0.25) is 0 Å². The summed E-state index contributed by atoms with van der Waals surface area (Å²) in [4.78, 5) is 13.7. The van der Waals surface area contributed by atoms with Crippen LogP contribution >= 0.6 is 0 Å². The van der Waals surface area contributed by atoms with Crippen molar-refractivity contribution >= 4 is 5.91 Å². The minimum absolute atomic E-state index is 0.0112. The normalized spacial score (nSPS) is 13.3. The first-order chi connectivity index (χ1) is 6.91. The van der Waals surface area contributed by atoms with Crippen LogP contribution in [0.1, 0.15) is 27.7 Å². The van der Waals surface area contributed by atoms with Gasteiger partial charge in [0.1, 0.15) is 0 Å². The van der Waals surface area contributed by atoms with Crippen LogP contribution in [-0.2, 0) is 9.53 Å². The molecule has 0 aliphatic heterocycles. The largest absolute Gasteiger partial charge is 0.383 e. The molecule has 1 amide bonds. The molecule has 4 nitrogen and oxygen atoms in total. The monoisotopic (exact) mass is 216 g/mol. The Hall–Kier alpha value is -0.610. The van der Waals surface area contributed by atoms with Crippen LogP contribution < -0.4 is 5.73 Å². The number of methoxy groups -OCH3 is 1. The van der Waals surface area contributed by atoms with E-state index >= 15 is 0 Å². The lowest BCUT2D eigenvalue weighted by Gasteiger charge is -2.30. The molecule has 0 spiro atoms. The quantitative estimate of drug-likeness (QED) is 0.716. The second-order valence-electron chi connectivity index (χ2n) is 4.39. The fourth-order valence-corrected chi connectivity index (χ4v) is 1.29. The van der Waals surface area contributed by atoms with Crippen LogP contribution in [0.5, 0.6) is 0 Å². The van der Waals surface area contributed by atoms with Crippen molar-refractivity contribution in [2.24, 2.45) is 11.7 Å². The van der Waals surface area contributed by atoms with Gasteiger partial charge in [-0.05, 0) is 19.8 Å². The Bertz CT molecular complexity index is 193. The minimum Gasteiger partial charge on any atom is -0.383 e. The SMILES string of the molecule is COCCN(C(=O)C(N)C(C)C)C(C)C. The van der Waals surface area contributed by atoms with Crippen molar-refractivity contribution in [2.45, 2.75) is 39.8 Å². The van der Waals surface area contributed by atoms with Crippen LogP contribution in [0.3, 0.4) is 0 Å². The lowest BCUT2D eigenvalue weighted by atomic mass is 10.0. The maximum absolute atomic E-state index is 12.0. The van der Waals surface area contributed by atoms with Crippen molar-refractivity contribution < 1.29 is 9.53 Å². The first kappa shape index (κ1) is 14.4. The van der Waals surface area contributed by atoms with Crippen molar-refractivity contribution in [1.82, 2.24) is 4.90 Å². The summed E-state index contributed by atoms with van der Waals surface area (Å²) >= 11 is 0. The standard InChI is InChI=1S/C11H24N2O2/c1-8(2)10(12)11(14)13(9(3)4)6-7-15-5/h8-10H,6-7,12H2,1-5H3. The summed E-state index contributed by atoms with van der Waals surface area (Å²) in [5, 5.41) is 0. The van der Waals surface area contributed by atoms with E-state index in [9.17, 15) is 4.79 Å². The molecule has 1 atom stereocenters. The third-order valence-corrected chi connectivity index (χ3v) is 2.45. The van der Waals surface area contributed by atoms with Gasteiger partial charge in [0.15, 0.2) is 0 Å². The highest BCUT2D eigenvalue weighted by atomic mass is 16.5. The number of nitrogens with two attached hydrogens (primary N) is 1. The third kappa shape index (κ3) is 4.62. The summed E-state index contributed by atoms with van der Waals surface area (Å²) < 4.78 is 4.98. The van der Waals surface area contributed by atoms with E-state index in [0.29, 0.717) is 13.2 Å². The Morgan fingerprint density at radius 1 is 1.33 bits per heavy atom. The Labute approximate surface area is 92.8 Å². The van der Waals surface area contributed by atoms with Gasteiger partial charge in [-0.15, -0.1) is 0 Å². The second kappa shape index (κ2) is 6.80. The predicted molar refractivity (Wildman–Crippen MR) is 61.5 cm³/mol. The Morgan fingerprint density at radius 3 is 2.20 bits per heavy atom. The summed E-state index contributed by atoms with van der Waals surface area (Å²) in [6.07, 6.45) is 0. The van der Waals surface area contributed by atoms with Gasteiger partial charge in [0.25, 0.3) is 0 Å². The van der Waals surface area contributed by atoms with Crippen molar-refractivity contribution in [1.29, 1.82) is 0 Å². The molecule has 0 aliphatic carbocycles. The van der Waals surface area contributed by atoms with Gasteiger partial charge in [-0.25, -0.2) is 0 Å². The third-order valence-electron chi connectivity index (χ3n) is 2.45. The van der Waals surface area contributed by atoms with Gasteiger partial charge in [0, 0.05) is 19.7 Å². The Kier molecular flexibility index (Phi) is 6.52. The molecule has 0 heterocycles. The number of amides is 1. The van der Waals surface area contributed by atoms with Gasteiger partial charge >= 0.3 is 0 Å². The van der Waals surface area contributed by atoms with E-state index in [-0.39, 0.29) is 17.9 Å². The van der Waals surface area contributed by atoms with Gasteiger partial charge in [-0.2, -0.15) is 0 Å². The molecule has 1 unspecified atom stereocenters. The summed E-state index contributed by atoms with van der Waals surface area (Å²) in [7, 11) is 1.63. The highest BCUT2D eigenvalue weighted by Gasteiger charge is 2.24. The van der Waals surface area contributed by atoms with E-state index in [2.05, 4.69) is 0 Å². The zero-order chi connectivity index (χ0) is 12.0. The number of carbonyl (C=O) groups is 1. The number of nitrogens with zero attached hydrogens (tertiary/aromatic N) is 1. The number of ether oxygens (including phenoxy) is 1. The van der Waals surface area contributed by atoms with E-state index in [1.807, 2.05) is 27.7 Å². The van der Waals surface area contributed by atoms with Crippen LogP contribution in [0.25, 0.3) is 0 Å². The first-order valence-electron chi connectivity index (χ1n) is 5.46. The molecule has 0 radical (unpaired) electrons. The molecule has 2 N–H and O–H groups in total. The highest BCUT2D eigenvalue weighted by molar-refractivity contribution is 5.82. The molecule has 0 aromatic rings. The molecule has 0 saturated heterocycles. The summed E-state index contributed by atoms with van der Waals surface area (Å²) in [6, 6.07) is -0.248. The minimum atomic E-state index is -0.413. The molecule has 0 rings (SSSR count). The molecular weight excluding hydrogens is 192 g/mol. The topological polar surface area (TPSA) is 55.6 Å². The second-order valence-corrected chi connectivity index (χ2v) is 4.39. The number of hydrogen-bond donors (Lipinski definition) is 1. The lowest BCUT2D eigenvalue weighted by Crippen LogP contribution is -2.50. The van der Waals surface area contributed by atoms with E-state index in [1.54, 1.807) is 12.0 Å². The molecule has 15 heavy (non-hydrogen) atoms. The van der Waals surface area contributed by atoms with Gasteiger partial charge < -0.3 is 15.4 Å². The number of rotatable bonds is 6. The molecule has 90 valence electrons. The number of hydrogen-bond acceptors (Lipinski definition) is 3. The molecule has 0 aromatic carbocycles. The summed E-state index contributed by atoms with van der Waals surface area (Å²) in [5.41, 5.74) is 5.84. The van der Waals surface area contributed by atoms with Gasteiger partial charge in [-0.3, -0.25) is 4.79 Å². The summed E-state index contributed by atoms with van der Waals surface area (Å²) in [6.45, 7) is 9.04. The molecule has 0 saturated carbocycles. The average Bonchev–Trinajstić information content (AvgIpc) is 2.16. The smallest absolute Gasteiger partial charge is 0.240 e. The van der Waals surface area contributed by atoms with Gasteiger partial charge in [0.2, 0.25) is 5.91 Å². The first-order valence-corrected chi connectivity index (χ1v) is 5.46. The van der Waals surface area contributed by atoms with Crippen LogP contribution in [-0.4, -0.2) is 43.2 Å². The van der Waals surface area contributed by atoms with Gasteiger partial charge in [-0.1, -0.05) is 13.8 Å². The molecule has 0 aliphatic rings. The number of carbonyl (C=O) groups excluding carboxylic acids is 1. The van der Waals surface area contributed by atoms with Crippen LogP contribution in [0, 0.1) is 5.92 Å². The van der Waals surface area contributed by atoms with E-state index in [0.717, 1.165) is 0 Å². The molecule has 4 heteroatoms. The summed E-state index contributed by atoms with van der Waals surface area (Å²) in [5.74, 6) is 0.179. The van der Waals surface area contributed by atoms with E-state index in [4.69, 9.17) is 10.5 Å². The predicted octanol–water partition coefficient (Wildman–Crippen LogP) is 0.853. The fraction of sp³-hybridized carbons (Fsp3) is 0.909. The van der Waals surface area contributed by atoms with Crippen LogP contribution in [0.4, 0.5) is 0 Å². The Balaban J connectivity index is 4.41. The van der Waals surface area contributed by atoms with Crippen LogP contribution in [0.15, 0.2) is 0 Å². The zero-order valence-corrected chi connectivity index (χ0v) is 10.5. The maximum atomic E-state index is 12.0. The van der Waals surface area contributed by atoms with E-state index in [1.165, 1.54) is 0 Å². The average molecular weight is 216 g/mol. The fourth-order valence-electron chi connectivity index (χ4n) is 1.29. The van der Waals surface area contributed by atoms with Gasteiger partial charge in [0.05, 0.1) is 12.6 Å². The van der Waals surface area contributed by atoms with Crippen molar-refractivity contribution in [3.63, 3.8) is 0 Å². The lowest BCUT2D eigenvalue weighted by molar-refractivity contribution is -0.136. The van der Waals surface area contributed by atoms with Crippen molar-refractivity contribution in [3.8, 4) is 0 Å². The van der Waals surface area contributed by atoms with Crippen molar-refractivity contribution in [2.75, 3.05) is 20.3 Å². The molecule has 0 aromatic heterocycles.